The first kappa shape index (κ1) is 18.5. The fourth-order valence-electron chi connectivity index (χ4n) is 4.16. The summed E-state index contributed by atoms with van der Waals surface area (Å²) in [6.45, 7) is 2.79. The first-order valence-corrected chi connectivity index (χ1v) is 9.71. The molecule has 2 heterocycles. The second kappa shape index (κ2) is 6.95. The van der Waals surface area contributed by atoms with Gasteiger partial charge in [0, 0.05) is 13.1 Å². The molecular weight excluding hydrogens is 352 g/mol. The van der Waals surface area contributed by atoms with E-state index in [1.807, 2.05) is 54.6 Å². The number of likely N-dealkylation sites (tertiary alicyclic amines) is 1. The van der Waals surface area contributed by atoms with E-state index < -0.39 is 11.1 Å². The zero-order chi connectivity index (χ0) is 19.8. The molecule has 28 heavy (non-hydrogen) atoms. The molecule has 1 spiro atoms. The Morgan fingerprint density at radius 3 is 2.36 bits per heavy atom. The van der Waals surface area contributed by atoms with Gasteiger partial charge in [-0.2, -0.15) is 0 Å². The van der Waals surface area contributed by atoms with Crippen molar-refractivity contribution in [2.75, 3.05) is 23.7 Å². The minimum atomic E-state index is -0.972. The zero-order valence-corrected chi connectivity index (χ0v) is 16.1. The fourth-order valence-corrected chi connectivity index (χ4v) is 4.16. The quantitative estimate of drug-likeness (QED) is 0.765. The van der Waals surface area contributed by atoms with Crippen LogP contribution in [0.2, 0.25) is 0 Å². The number of rotatable bonds is 3. The number of hydrogen-bond donors (Lipinski definition) is 3. The molecule has 6 heteroatoms. The average Bonchev–Trinajstić information content (AvgIpc) is 2.69. The highest BCUT2D eigenvalue weighted by Crippen LogP contribution is 2.36. The molecule has 2 aliphatic heterocycles. The van der Waals surface area contributed by atoms with E-state index in [0.717, 1.165) is 16.9 Å². The van der Waals surface area contributed by atoms with Gasteiger partial charge >= 0.3 is 0 Å². The van der Waals surface area contributed by atoms with E-state index in [2.05, 4.69) is 10.6 Å². The number of hydrogen-bond acceptors (Lipinski definition) is 4. The number of amides is 2. The predicted octanol–water partition coefficient (Wildman–Crippen LogP) is 2.37. The van der Waals surface area contributed by atoms with Crippen molar-refractivity contribution in [2.45, 2.75) is 37.3 Å². The highest BCUT2D eigenvalue weighted by Gasteiger charge is 2.46. The molecule has 0 aliphatic carbocycles. The third-order valence-corrected chi connectivity index (χ3v) is 5.79. The molecular formula is C22H26N4O2. The number of fused-ring (bicyclic) bond motifs is 1. The summed E-state index contributed by atoms with van der Waals surface area (Å²) in [6.07, 6.45) is 1.60. The van der Waals surface area contributed by atoms with Crippen LogP contribution in [0, 0.1) is 0 Å². The Morgan fingerprint density at radius 2 is 1.68 bits per heavy atom. The van der Waals surface area contributed by atoms with Gasteiger partial charge in [-0.25, -0.2) is 0 Å². The smallest absolute Gasteiger partial charge is 0.250 e. The number of carbonyl (C=O) groups is 2. The number of carbonyl (C=O) groups excluding carboxylic acids is 2. The summed E-state index contributed by atoms with van der Waals surface area (Å²) in [7, 11) is 0. The van der Waals surface area contributed by atoms with E-state index in [1.165, 1.54) is 0 Å². The van der Waals surface area contributed by atoms with E-state index in [0.29, 0.717) is 32.4 Å². The molecule has 4 rings (SSSR count). The lowest BCUT2D eigenvalue weighted by Crippen LogP contribution is -2.62. The number of nitrogens with one attached hydrogen (secondary N) is 2. The maximum absolute atomic E-state index is 13.1. The molecule has 2 aliphatic rings. The van der Waals surface area contributed by atoms with E-state index in [4.69, 9.17) is 5.73 Å². The summed E-state index contributed by atoms with van der Waals surface area (Å²) < 4.78 is 0. The number of anilines is 2. The van der Waals surface area contributed by atoms with Crippen molar-refractivity contribution in [1.29, 1.82) is 0 Å². The monoisotopic (exact) mass is 378 g/mol. The van der Waals surface area contributed by atoms with Crippen molar-refractivity contribution in [3.8, 4) is 0 Å². The molecule has 0 bridgehead atoms. The molecule has 0 saturated carbocycles. The lowest BCUT2D eigenvalue weighted by molar-refractivity contribution is -0.139. The zero-order valence-electron chi connectivity index (χ0n) is 16.1. The molecule has 2 amide bonds. The number of nitrogens with two attached hydrogens (primary N) is 1. The number of nitrogens with zero attached hydrogens (tertiary/aromatic N) is 1. The second-order valence-corrected chi connectivity index (χ2v) is 8.08. The van der Waals surface area contributed by atoms with Crippen molar-refractivity contribution in [1.82, 2.24) is 4.90 Å². The lowest BCUT2D eigenvalue weighted by atomic mass is 9.83. The third kappa shape index (κ3) is 3.36. The fraction of sp³-hybridized carbons (Fsp3) is 0.364. The summed E-state index contributed by atoms with van der Waals surface area (Å²) in [5, 5.41) is 6.42. The molecule has 6 nitrogen and oxygen atoms in total. The van der Waals surface area contributed by atoms with Crippen molar-refractivity contribution >= 4 is 23.2 Å². The third-order valence-electron chi connectivity index (χ3n) is 5.79. The summed E-state index contributed by atoms with van der Waals surface area (Å²) in [5.74, 6) is -0.0964. The van der Waals surface area contributed by atoms with Crippen LogP contribution in [0.3, 0.4) is 0 Å². The van der Waals surface area contributed by atoms with Crippen LogP contribution < -0.4 is 16.4 Å². The van der Waals surface area contributed by atoms with Gasteiger partial charge in [-0.1, -0.05) is 42.5 Å². The van der Waals surface area contributed by atoms with Crippen LogP contribution >= 0.6 is 0 Å². The topological polar surface area (TPSA) is 87.5 Å². The van der Waals surface area contributed by atoms with Crippen LogP contribution in [0.4, 0.5) is 11.4 Å². The molecule has 1 fully saturated rings. The van der Waals surface area contributed by atoms with Crippen molar-refractivity contribution < 1.29 is 9.59 Å². The first-order chi connectivity index (χ1) is 13.4. The van der Waals surface area contributed by atoms with Gasteiger partial charge in [0.15, 0.2) is 0 Å². The summed E-state index contributed by atoms with van der Waals surface area (Å²) >= 11 is 0. The minimum Gasteiger partial charge on any atom is -0.369 e. The predicted molar refractivity (Wildman–Crippen MR) is 110 cm³/mol. The van der Waals surface area contributed by atoms with Gasteiger partial charge in [-0.3, -0.25) is 9.59 Å². The SMILES string of the molecule is C[C@](N)(Cc1ccccc1)C(=O)N1CCC2(CC1)Nc1ccccc1NC2=O. The summed E-state index contributed by atoms with van der Waals surface area (Å²) in [4.78, 5) is 27.6. The maximum atomic E-state index is 13.1. The largest absolute Gasteiger partial charge is 0.369 e. The number of piperidine rings is 1. The normalized spacial score (nSPS) is 19.9. The number of benzene rings is 2. The average molecular weight is 378 g/mol. The van der Waals surface area contributed by atoms with Crippen LogP contribution in [0.15, 0.2) is 54.6 Å². The Labute approximate surface area is 165 Å². The summed E-state index contributed by atoms with van der Waals surface area (Å²) in [5.41, 5.74) is 7.52. The van der Waals surface area contributed by atoms with Crippen LogP contribution in [0.1, 0.15) is 25.3 Å². The molecule has 2 aromatic carbocycles. The highest BCUT2D eigenvalue weighted by atomic mass is 16.2. The molecule has 2 aromatic rings. The molecule has 1 saturated heterocycles. The van der Waals surface area contributed by atoms with Gasteiger partial charge < -0.3 is 21.3 Å². The van der Waals surface area contributed by atoms with Crippen molar-refractivity contribution in [2.24, 2.45) is 5.73 Å². The highest BCUT2D eigenvalue weighted by molar-refractivity contribution is 6.06. The Morgan fingerprint density at radius 1 is 1.07 bits per heavy atom. The van der Waals surface area contributed by atoms with E-state index in [9.17, 15) is 9.59 Å². The van der Waals surface area contributed by atoms with Gasteiger partial charge in [0.2, 0.25) is 11.8 Å². The lowest BCUT2D eigenvalue weighted by Gasteiger charge is -2.45. The van der Waals surface area contributed by atoms with Crippen LogP contribution in [-0.2, 0) is 16.0 Å². The molecule has 1 atom stereocenters. The van der Waals surface area contributed by atoms with Crippen molar-refractivity contribution in [3.05, 3.63) is 60.2 Å². The minimum absolute atomic E-state index is 0.0295. The van der Waals surface area contributed by atoms with Gasteiger partial charge in [-0.05, 0) is 43.9 Å². The van der Waals surface area contributed by atoms with Crippen molar-refractivity contribution in [3.63, 3.8) is 0 Å². The van der Waals surface area contributed by atoms with Gasteiger partial charge in [-0.15, -0.1) is 0 Å². The number of para-hydroxylation sites is 2. The molecule has 0 unspecified atom stereocenters. The molecule has 4 N–H and O–H groups in total. The Hall–Kier alpha value is -2.86. The van der Waals surface area contributed by atoms with E-state index >= 15 is 0 Å². The van der Waals surface area contributed by atoms with Crippen LogP contribution in [-0.4, -0.2) is 40.9 Å². The molecule has 146 valence electrons. The van der Waals surface area contributed by atoms with Gasteiger partial charge in [0.05, 0.1) is 16.9 Å². The van der Waals surface area contributed by atoms with E-state index in [1.54, 1.807) is 11.8 Å². The second-order valence-electron chi connectivity index (χ2n) is 8.08. The Balaban J connectivity index is 1.44. The molecule has 0 radical (unpaired) electrons. The van der Waals surface area contributed by atoms with Gasteiger partial charge in [0.25, 0.3) is 0 Å². The van der Waals surface area contributed by atoms with Crippen LogP contribution in [0.5, 0.6) is 0 Å². The maximum Gasteiger partial charge on any atom is 0.250 e. The summed E-state index contributed by atoms with van der Waals surface area (Å²) in [6, 6.07) is 17.5. The van der Waals surface area contributed by atoms with Gasteiger partial charge in [0.1, 0.15) is 5.54 Å². The van der Waals surface area contributed by atoms with Crippen LogP contribution in [0.25, 0.3) is 0 Å². The van der Waals surface area contributed by atoms with E-state index in [-0.39, 0.29) is 11.8 Å². The Bertz CT molecular complexity index is 886. The first-order valence-electron chi connectivity index (χ1n) is 9.71. The Kier molecular flexibility index (Phi) is 4.59. The standard InChI is InChI=1S/C22H26N4O2/c1-21(23,15-16-7-3-2-4-8-16)20(28)26-13-11-22(12-14-26)19(27)24-17-9-5-6-10-18(17)25-22/h2-10,25H,11-15,23H2,1H3,(H,24,27)/t21-/m0/s1. The molecule has 0 aromatic heterocycles.